The average molecular weight is 243 g/mol. The minimum Gasteiger partial charge on any atom is -0.394 e. The molecule has 0 unspecified atom stereocenters. The molecule has 0 aliphatic rings. The zero-order valence-corrected chi connectivity index (χ0v) is 10.4. The number of hydrogen-bond donors (Lipinski definition) is 2. The van der Waals surface area contributed by atoms with Crippen molar-refractivity contribution in [2.75, 3.05) is 6.61 Å². The van der Waals surface area contributed by atoms with Crippen LogP contribution in [0.1, 0.15) is 12.5 Å². The van der Waals surface area contributed by atoms with E-state index in [9.17, 15) is 4.79 Å². The number of aliphatic hydroxyl groups excluding tert-OH is 1. The summed E-state index contributed by atoms with van der Waals surface area (Å²) in [4.78, 5) is 11.7. The summed E-state index contributed by atoms with van der Waals surface area (Å²) in [5.41, 5.74) is 0.983. The predicted octanol–water partition coefficient (Wildman–Crippen LogP) is 1.88. The average Bonchev–Trinajstić information content (AvgIpc) is 2.38. The van der Waals surface area contributed by atoms with Gasteiger partial charge in [-0.2, -0.15) is 0 Å². The summed E-state index contributed by atoms with van der Waals surface area (Å²) < 4.78 is 0. The quantitative estimate of drug-likeness (QED) is 0.861. The van der Waals surface area contributed by atoms with E-state index in [2.05, 4.69) is 5.32 Å². The Morgan fingerprint density at radius 1 is 1.22 bits per heavy atom. The molecule has 2 N–H and O–H groups in total. The van der Waals surface area contributed by atoms with E-state index in [0.29, 0.717) is 6.42 Å². The van der Waals surface area contributed by atoms with Crippen molar-refractivity contribution in [3.05, 3.63) is 48.0 Å². The van der Waals surface area contributed by atoms with Gasteiger partial charge < -0.3 is 10.4 Å². The van der Waals surface area contributed by atoms with Crippen LogP contribution in [0.25, 0.3) is 10.8 Å². The summed E-state index contributed by atoms with van der Waals surface area (Å²) in [5.74, 6) is -0.0631. The lowest BCUT2D eigenvalue weighted by molar-refractivity contribution is -0.121. The summed E-state index contributed by atoms with van der Waals surface area (Å²) >= 11 is 0. The topological polar surface area (TPSA) is 49.3 Å². The normalized spacial score (nSPS) is 12.3. The number of benzene rings is 2. The Bertz CT molecular complexity index is 551. The maximum absolute atomic E-state index is 11.7. The maximum Gasteiger partial charge on any atom is 0.224 e. The van der Waals surface area contributed by atoms with Gasteiger partial charge in [-0.25, -0.2) is 0 Å². The van der Waals surface area contributed by atoms with Gasteiger partial charge in [0.2, 0.25) is 5.91 Å². The van der Waals surface area contributed by atoms with E-state index >= 15 is 0 Å². The molecule has 1 atom stereocenters. The first-order chi connectivity index (χ1) is 8.69. The second-order valence-electron chi connectivity index (χ2n) is 4.51. The molecule has 0 bridgehead atoms. The molecular weight excluding hydrogens is 226 g/mol. The second kappa shape index (κ2) is 5.65. The molecule has 0 fully saturated rings. The van der Waals surface area contributed by atoms with Crippen LogP contribution < -0.4 is 5.32 Å². The molecule has 3 heteroatoms. The lowest BCUT2D eigenvalue weighted by atomic mass is 10.0. The van der Waals surface area contributed by atoms with E-state index in [-0.39, 0.29) is 18.6 Å². The third-order valence-corrected chi connectivity index (χ3v) is 2.86. The number of amides is 1. The number of nitrogens with one attached hydrogen (secondary N) is 1. The number of rotatable bonds is 4. The van der Waals surface area contributed by atoms with Gasteiger partial charge in [-0.1, -0.05) is 42.5 Å². The fourth-order valence-electron chi connectivity index (χ4n) is 1.91. The molecule has 1 amide bonds. The van der Waals surface area contributed by atoms with Crippen LogP contribution in [0.2, 0.25) is 0 Å². The van der Waals surface area contributed by atoms with Crippen LogP contribution in [0.5, 0.6) is 0 Å². The third-order valence-electron chi connectivity index (χ3n) is 2.86. The molecule has 94 valence electrons. The smallest absolute Gasteiger partial charge is 0.224 e. The highest BCUT2D eigenvalue weighted by atomic mass is 16.3. The molecule has 2 aromatic rings. The lowest BCUT2D eigenvalue weighted by Crippen LogP contribution is -2.35. The van der Waals surface area contributed by atoms with E-state index in [4.69, 9.17) is 5.11 Å². The Morgan fingerprint density at radius 2 is 1.94 bits per heavy atom. The van der Waals surface area contributed by atoms with Crippen molar-refractivity contribution in [3.8, 4) is 0 Å². The minimum absolute atomic E-state index is 0.0382. The third kappa shape index (κ3) is 3.08. The SMILES string of the molecule is C[C@H](CO)NC(=O)Cc1ccc2ccccc2c1. The van der Waals surface area contributed by atoms with Crippen molar-refractivity contribution in [3.63, 3.8) is 0 Å². The van der Waals surface area contributed by atoms with Crippen molar-refractivity contribution in [2.45, 2.75) is 19.4 Å². The predicted molar refractivity (Wildman–Crippen MR) is 72.3 cm³/mol. The molecule has 0 spiro atoms. The maximum atomic E-state index is 11.7. The van der Waals surface area contributed by atoms with Gasteiger partial charge in [0.1, 0.15) is 0 Å². The van der Waals surface area contributed by atoms with Crippen molar-refractivity contribution >= 4 is 16.7 Å². The van der Waals surface area contributed by atoms with Gasteiger partial charge in [0.25, 0.3) is 0 Å². The standard InChI is InChI=1S/C15H17NO2/c1-11(10-17)16-15(18)9-12-6-7-13-4-2-3-5-14(13)8-12/h2-8,11,17H,9-10H2,1H3,(H,16,18)/t11-/m1/s1. The molecule has 18 heavy (non-hydrogen) atoms. The summed E-state index contributed by atoms with van der Waals surface area (Å²) in [6, 6.07) is 13.9. The van der Waals surface area contributed by atoms with Gasteiger partial charge in [-0.05, 0) is 23.3 Å². The van der Waals surface area contributed by atoms with Crippen LogP contribution in [0.4, 0.5) is 0 Å². The van der Waals surface area contributed by atoms with Gasteiger partial charge in [0.05, 0.1) is 13.0 Å². The van der Waals surface area contributed by atoms with E-state index in [1.165, 1.54) is 5.39 Å². The second-order valence-corrected chi connectivity index (χ2v) is 4.51. The van der Waals surface area contributed by atoms with E-state index in [0.717, 1.165) is 10.9 Å². The number of hydrogen-bond acceptors (Lipinski definition) is 2. The van der Waals surface area contributed by atoms with E-state index in [1.54, 1.807) is 6.92 Å². The molecule has 0 aliphatic heterocycles. The highest BCUT2D eigenvalue weighted by molar-refractivity contribution is 5.85. The van der Waals surface area contributed by atoms with E-state index < -0.39 is 0 Å². The van der Waals surface area contributed by atoms with Crippen molar-refractivity contribution < 1.29 is 9.90 Å². The molecule has 0 aromatic heterocycles. The highest BCUT2D eigenvalue weighted by Crippen LogP contribution is 2.15. The number of carbonyl (C=O) groups excluding carboxylic acids is 1. The minimum atomic E-state index is -0.196. The Morgan fingerprint density at radius 3 is 2.67 bits per heavy atom. The van der Waals surface area contributed by atoms with Crippen LogP contribution >= 0.6 is 0 Å². The Labute approximate surface area is 106 Å². The molecule has 0 saturated carbocycles. The summed E-state index contributed by atoms with van der Waals surface area (Å²) in [6.07, 6.45) is 0.342. The lowest BCUT2D eigenvalue weighted by Gasteiger charge is -2.10. The Balaban J connectivity index is 2.10. The number of fused-ring (bicyclic) bond motifs is 1. The molecule has 0 heterocycles. The number of carbonyl (C=O) groups is 1. The fraction of sp³-hybridized carbons (Fsp3) is 0.267. The van der Waals surface area contributed by atoms with Crippen LogP contribution in [0.15, 0.2) is 42.5 Å². The van der Waals surface area contributed by atoms with Crippen LogP contribution in [-0.2, 0) is 11.2 Å². The van der Waals surface area contributed by atoms with Crippen molar-refractivity contribution in [2.24, 2.45) is 0 Å². The van der Waals surface area contributed by atoms with Crippen LogP contribution in [0, 0.1) is 0 Å². The molecule has 0 radical (unpaired) electrons. The molecule has 2 aromatic carbocycles. The van der Waals surface area contributed by atoms with Gasteiger partial charge in [0, 0.05) is 6.04 Å². The molecule has 2 rings (SSSR count). The summed E-state index contributed by atoms with van der Waals surface area (Å²) in [7, 11) is 0. The largest absolute Gasteiger partial charge is 0.394 e. The van der Waals surface area contributed by atoms with E-state index in [1.807, 2.05) is 42.5 Å². The first-order valence-electron chi connectivity index (χ1n) is 6.07. The zero-order valence-electron chi connectivity index (χ0n) is 10.4. The fourth-order valence-corrected chi connectivity index (χ4v) is 1.91. The van der Waals surface area contributed by atoms with Gasteiger partial charge in [-0.15, -0.1) is 0 Å². The first kappa shape index (κ1) is 12.6. The Hall–Kier alpha value is -1.87. The van der Waals surface area contributed by atoms with Gasteiger partial charge in [0.15, 0.2) is 0 Å². The van der Waals surface area contributed by atoms with Crippen molar-refractivity contribution in [1.82, 2.24) is 5.32 Å². The van der Waals surface area contributed by atoms with Gasteiger partial charge >= 0.3 is 0 Å². The zero-order chi connectivity index (χ0) is 13.0. The van der Waals surface area contributed by atoms with Crippen molar-refractivity contribution in [1.29, 1.82) is 0 Å². The molecular formula is C15H17NO2. The van der Waals surface area contributed by atoms with Crippen LogP contribution in [0.3, 0.4) is 0 Å². The molecule has 0 aliphatic carbocycles. The molecule has 3 nitrogen and oxygen atoms in total. The Kier molecular flexibility index (Phi) is 3.95. The highest BCUT2D eigenvalue weighted by Gasteiger charge is 2.07. The summed E-state index contributed by atoms with van der Waals surface area (Å²) in [6.45, 7) is 1.74. The summed E-state index contributed by atoms with van der Waals surface area (Å²) in [5, 5.41) is 13.9. The van der Waals surface area contributed by atoms with Gasteiger partial charge in [-0.3, -0.25) is 4.79 Å². The molecule has 0 saturated heterocycles. The van der Waals surface area contributed by atoms with Crippen LogP contribution in [-0.4, -0.2) is 23.7 Å². The number of aliphatic hydroxyl groups is 1. The monoisotopic (exact) mass is 243 g/mol. The first-order valence-corrected chi connectivity index (χ1v) is 6.07.